The molecular formula is C20H24N6O. The second kappa shape index (κ2) is 7.44. The molecule has 0 aromatic carbocycles. The Labute approximate surface area is 158 Å². The number of fused-ring (bicyclic) bond motifs is 1. The molecule has 0 aliphatic carbocycles. The SMILES string of the molecule is CCN1CC[C@@H](NC(=O)Cc2cc3cnn(-c4ccnc(C)c4)c3cn2)C1. The predicted octanol–water partition coefficient (Wildman–Crippen LogP) is 1.88. The van der Waals surface area contributed by atoms with Gasteiger partial charge in [-0.3, -0.25) is 14.8 Å². The smallest absolute Gasteiger partial charge is 0.226 e. The highest BCUT2D eigenvalue weighted by Gasteiger charge is 2.22. The number of carbonyl (C=O) groups is 1. The van der Waals surface area contributed by atoms with Gasteiger partial charge in [-0.2, -0.15) is 5.10 Å². The van der Waals surface area contributed by atoms with Crippen LogP contribution in [-0.2, 0) is 11.2 Å². The third kappa shape index (κ3) is 3.83. The molecule has 4 rings (SSSR count). The molecule has 1 aliphatic rings. The summed E-state index contributed by atoms with van der Waals surface area (Å²) in [6, 6.07) is 6.09. The number of likely N-dealkylation sites (tertiary alicyclic amines) is 1. The summed E-state index contributed by atoms with van der Waals surface area (Å²) in [4.78, 5) is 23.4. The first-order valence-corrected chi connectivity index (χ1v) is 9.40. The van der Waals surface area contributed by atoms with E-state index in [9.17, 15) is 4.79 Å². The number of amides is 1. The average Bonchev–Trinajstić information content (AvgIpc) is 3.28. The Morgan fingerprint density at radius 2 is 2.19 bits per heavy atom. The van der Waals surface area contributed by atoms with Gasteiger partial charge in [0.05, 0.1) is 35.7 Å². The monoisotopic (exact) mass is 364 g/mol. The Bertz CT molecular complexity index is 966. The zero-order valence-corrected chi connectivity index (χ0v) is 15.7. The van der Waals surface area contributed by atoms with Crippen LogP contribution in [0.25, 0.3) is 16.6 Å². The number of likely N-dealkylation sites (N-methyl/N-ethyl adjacent to an activating group) is 1. The highest BCUT2D eigenvalue weighted by atomic mass is 16.1. The molecule has 0 saturated carbocycles. The van der Waals surface area contributed by atoms with Crippen LogP contribution in [0.5, 0.6) is 0 Å². The van der Waals surface area contributed by atoms with E-state index < -0.39 is 0 Å². The molecule has 1 N–H and O–H groups in total. The van der Waals surface area contributed by atoms with Crippen LogP contribution in [0, 0.1) is 6.92 Å². The summed E-state index contributed by atoms with van der Waals surface area (Å²) >= 11 is 0. The number of rotatable bonds is 5. The Hall–Kier alpha value is -2.80. The third-order valence-corrected chi connectivity index (χ3v) is 5.06. The second-order valence-electron chi connectivity index (χ2n) is 7.07. The number of hydrogen-bond donors (Lipinski definition) is 1. The normalized spacial score (nSPS) is 17.5. The van der Waals surface area contributed by atoms with E-state index in [2.05, 4.69) is 32.2 Å². The number of aromatic nitrogens is 4. The molecule has 4 heterocycles. The maximum Gasteiger partial charge on any atom is 0.226 e. The molecule has 3 aromatic rings. The summed E-state index contributed by atoms with van der Waals surface area (Å²) in [6.45, 7) is 7.13. The van der Waals surface area contributed by atoms with E-state index in [-0.39, 0.29) is 18.4 Å². The molecule has 0 radical (unpaired) electrons. The van der Waals surface area contributed by atoms with Crippen LogP contribution in [0.15, 0.2) is 36.8 Å². The first-order chi connectivity index (χ1) is 13.1. The molecule has 27 heavy (non-hydrogen) atoms. The summed E-state index contributed by atoms with van der Waals surface area (Å²) < 4.78 is 1.85. The first-order valence-electron chi connectivity index (χ1n) is 9.40. The quantitative estimate of drug-likeness (QED) is 0.748. The molecule has 1 atom stereocenters. The minimum atomic E-state index is 0.0296. The number of hydrogen-bond acceptors (Lipinski definition) is 5. The van der Waals surface area contributed by atoms with Gasteiger partial charge in [-0.05, 0) is 38.1 Å². The lowest BCUT2D eigenvalue weighted by Gasteiger charge is -2.14. The van der Waals surface area contributed by atoms with E-state index in [0.29, 0.717) is 0 Å². The third-order valence-electron chi connectivity index (χ3n) is 5.06. The molecule has 1 fully saturated rings. The van der Waals surface area contributed by atoms with Crippen LogP contribution in [-0.4, -0.2) is 56.2 Å². The summed E-state index contributed by atoms with van der Waals surface area (Å²) in [5.41, 5.74) is 3.56. The van der Waals surface area contributed by atoms with Crippen LogP contribution in [0.1, 0.15) is 24.7 Å². The zero-order chi connectivity index (χ0) is 18.8. The van der Waals surface area contributed by atoms with Crippen molar-refractivity contribution in [1.29, 1.82) is 0 Å². The van der Waals surface area contributed by atoms with Crippen molar-refractivity contribution in [3.05, 3.63) is 48.2 Å². The van der Waals surface area contributed by atoms with E-state index in [1.54, 1.807) is 12.4 Å². The van der Waals surface area contributed by atoms with Crippen molar-refractivity contribution in [1.82, 2.24) is 30.0 Å². The van der Waals surface area contributed by atoms with E-state index in [4.69, 9.17) is 0 Å². The van der Waals surface area contributed by atoms with Crippen molar-refractivity contribution < 1.29 is 4.79 Å². The topological polar surface area (TPSA) is 75.9 Å². The molecule has 0 unspecified atom stereocenters. The highest BCUT2D eigenvalue weighted by Crippen LogP contribution is 2.19. The number of pyridine rings is 2. The van der Waals surface area contributed by atoms with Gasteiger partial charge in [0.1, 0.15) is 0 Å². The Morgan fingerprint density at radius 1 is 1.30 bits per heavy atom. The Kier molecular flexibility index (Phi) is 4.85. The van der Waals surface area contributed by atoms with Crippen molar-refractivity contribution in [3.63, 3.8) is 0 Å². The van der Waals surface area contributed by atoms with Crippen LogP contribution < -0.4 is 5.32 Å². The van der Waals surface area contributed by atoms with E-state index >= 15 is 0 Å². The Morgan fingerprint density at radius 3 is 2.96 bits per heavy atom. The van der Waals surface area contributed by atoms with Crippen LogP contribution in [0.3, 0.4) is 0 Å². The number of nitrogens with zero attached hydrogens (tertiary/aromatic N) is 5. The summed E-state index contributed by atoms with van der Waals surface area (Å²) in [7, 11) is 0. The van der Waals surface area contributed by atoms with Gasteiger partial charge in [0.25, 0.3) is 0 Å². The van der Waals surface area contributed by atoms with E-state index in [1.807, 2.05) is 36.0 Å². The molecule has 1 saturated heterocycles. The average molecular weight is 364 g/mol. The van der Waals surface area contributed by atoms with Crippen molar-refractivity contribution in [3.8, 4) is 5.69 Å². The maximum absolute atomic E-state index is 12.4. The van der Waals surface area contributed by atoms with Crippen molar-refractivity contribution >= 4 is 16.8 Å². The lowest BCUT2D eigenvalue weighted by molar-refractivity contribution is -0.121. The lowest BCUT2D eigenvalue weighted by atomic mass is 10.2. The summed E-state index contributed by atoms with van der Waals surface area (Å²) in [5.74, 6) is 0.0296. The lowest BCUT2D eigenvalue weighted by Crippen LogP contribution is -2.38. The maximum atomic E-state index is 12.4. The number of aryl methyl sites for hydroxylation is 1. The van der Waals surface area contributed by atoms with Gasteiger partial charge in [0.15, 0.2) is 0 Å². The fourth-order valence-electron chi connectivity index (χ4n) is 3.62. The zero-order valence-electron chi connectivity index (χ0n) is 15.7. The second-order valence-corrected chi connectivity index (χ2v) is 7.07. The number of nitrogens with one attached hydrogen (secondary N) is 1. The van der Waals surface area contributed by atoms with Gasteiger partial charge < -0.3 is 10.2 Å². The minimum absolute atomic E-state index is 0.0296. The highest BCUT2D eigenvalue weighted by molar-refractivity contribution is 5.83. The van der Waals surface area contributed by atoms with Gasteiger partial charge >= 0.3 is 0 Å². The fraction of sp³-hybridized carbons (Fsp3) is 0.400. The van der Waals surface area contributed by atoms with Crippen LogP contribution in [0.2, 0.25) is 0 Å². The van der Waals surface area contributed by atoms with Gasteiger partial charge in [0, 0.05) is 36.4 Å². The fourth-order valence-corrected chi connectivity index (χ4v) is 3.62. The number of carbonyl (C=O) groups excluding carboxylic acids is 1. The van der Waals surface area contributed by atoms with Crippen molar-refractivity contribution in [2.75, 3.05) is 19.6 Å². The largest absolute Gasteiger partial charge is 0.352 e. The van der Waals surface area contributed by atoms with E-state index in [0.717, 1.165) is 54.0 Å². The molecule has 3 aromatic heterocycles. The van der Waals surface area contributed by atoms with Gasteiger partial charge in [-0.1, -0.05) is 6.92 Å². The molecule has 1 amide bonds. The minimum Gasteiger partial charge on any atom is -0.352 e. The first kappa shape index (κ1) is 17.6. The molecule has 7 heteroatoms. The van der Waals surface area contributed by atoms with Gasteiger partial charge in [-0.15, -0.1) is 0 Å². The molecule has 1 aliphatic heterocycles. The molecule has 7 nitrogen and oxygen atoms in total. The summed E-state index contributed by atoms with van der Waals surface area (Å²) in [5, 5.41) is 8.57. The van der Waals surface area contributed by atoms with E-state index in [1.165, 1.54) is 0 Å². The van der Waals surface area contributed by atoms with Crippen molar-refractivity contribution in [2.45, 2.75) is 32.7 Å². The standard InChI is InChI=1S/C20H24N6O/c1-3-25-7-5-16(13-25)24-20(27)10-17-9-15-11-23-26(19(15)12-22-17)18-4-6-21-14(2)8-18/h4,6,8-9,11-12,16H,3,5,7,10,13H2,1-2H3,(H,24,27)/t16-/m1/s1. The van der Waals surface area contributed by atoms with Crippen molar-refractivity contribution in [2.24, 2.45) is 0 Å². The molecule has 0 spiro atoms. The van der Waals surface area contributed by atoms with Crippen LogP contribution in [0.4, 0.5) is 0 Å². The predicted molar refractivity (Wildman–Crippen MR) is 104 cm³/mol. The summed E-state index contributed by atoms with van der Waals surface area (Å²) in [6.07, 6.45) is 6.68. The molecule has 140 valence electrons. The van der Waals surface area contributed by atoms with Gasteiger partial charge in [0.2, 0.25) is 5.91 Å². The van der Waals surface area contributed by atoms with Crippen LogP contribution >= 0.6 is 0 Å². The molecular weight excluding hydrogens is 340 g/mol. The Balaban J connectivity index is 1.47. The van der Waals surface area contributed by atoms with Gasteiger partial charge in [-0.25, -0.2) is 4.68 Å². The molecule has 0 bridgehead atoms.